The zero-order valence-corrected chi connectivity index (χ0v) is 16.3. The molecule has 0 radical (unpaired) electrons. The number of amides is 2. The van der Waals surface area contributed by atoms with Crippen molar-refractivity contribution in [1.29, 1.82) is 0 Å². The average molecular weight is 375 g/mol. The van der Waals surface area contributed by atoms with Gasteiger partial charge in [0, 0.05) is 39.3 Å². The lowest BCUT2D eigenvalue weighted by Gasteiger charge is -2.39. The van der Waals surface area contributed by atoms with E-state index in [9.17, 15) is 4.79 Å². The number of para-hydroxylation sites is 1. The zero-order chi connectivity index (χ0) is 18.1. The van der Waals surface area contributed by atoms with Crippen LogP contribution in [-0.2, 0) is 4.74 Å². The maximum atomic E-state index is 12.7. The lowest BCUT2D eigenvalue weighted by Crippen LogP contribution is -2.52. The number of hydrogen-bond donors (Lipinski definition) is 0. The molecule has 2 saturated heterocycles. The first-order valence-electron chi connectivity index (χ1n) is 9.34. The van der Waals surface area contributed by atoms with E-state index < -0.39 is 0 Å². The van der Waals surface area contributed by atoms with E-state index in [1.165, 1.54) is 10.3 Å². The van der Waals surface area contributed by atoms with Gasteiger partial charge in [0.1, 0.15) is 0 Å². The predicted molar refractivity (Wildman–Crippen MR) is 105 cm³/mol. The Labute approximate surface area is 158 Å². The summed E-state index contributed by atoms with van der Waals surface area (Å²) in [4.78, 5) is 23.7. The summed E-state index contributed by atoms with van der Waals surface area (Å²) in [5, 5.41) is 1.11. The molecule has 1 aromatic heterocycles. The van der Waals surface area contributed by atoms with Crippen LogP contribution in [0.25, 0.3) is 10.2 Å². The number of fused-ring (bicyclic) bond motifs is 1. The molecular weight excluding hydrogens is 348 g/mol. The van der Waals surface area contributed by atoms with E-state index in [1.807, 2.05) is 16.8 Å². The number of carbonyl (C=O) groups is 1. The number of benzene rings is 1. The molecule has 0 atom stereocenters. The number of aromatic nitrogens is 1. The van der Waals surface area contributed by atoms with E-state index in [4.69, 9.17) is 9.72 Å². The number of carbonyl (C=O) groups excluding carboxylic acids is 1. The SMILES string of the molecule is Cc1cccc2sc(N3CCC(N(C)C(=O)N4CCOCC4)CC3)nc12. The Morgan fingerprint density at radius 3 is 2.65 bits per heavy atom. The highest BCUT2D eigenvalue weighted by Gasteiger charge is 2.29. The van der Waals surface area contributed by atoms with Crippen LogP contribution < -0.4 is 4.90 Å². The minimum atomic E-state index is 0.141. The second-order valence-corrected chi connectivity index (χ2v) is 8.14. The van der Waals surface area contributed by atoms with Gasteiger partial charge < -0.3 is 19.4 Å². The number of anilines is 1. The van der Waals surface area contributed by atoms with Crippen LogP contribution >= 0.6 is 11.3 Å². The van der Waals surface area contributed by atoms with Crippen LogP contribution in [0.15, 0.2) is 18.2 Å². The van der Waals surface area contributed by atoms with Gasteiger partial charge in [-0.3, -0.25) is 0 Å². The molecule has 2 aromatic rings. The summed E-state index contributed by atoms with van der Waals surface area (Å²) in [6.07, 6.45) is 1.98. The summed E-state index contributed by atoms with van der Waals surface area (Å²) >= 11 is 1.77. The van der Waals surface area contributed by atoms with Gasteiger partial charge in [-0.25, -0.2) is 9.78 Å². The average Bonchev–Trinajstić information content (AvgIpc) is 3.13. The monoisotopic (exact) mass is 374 g/mol. The van der Waals surface area contributed by atoms with E-state index in [-0.39, 0.29) is 6.03 Å². The molecule has 0 aliphatic carbocycles. The quantitative estimate of drug-likeness (QED) is 0.811. The molecule has 1 aromatic carbocycles. The van der Waals surface area contributed by atoms with Gasteiger partial charge >= 0.3 is 6.03 Å². The Hall–Kier alpha value is -1.86. The molecule has 2 aliphatic rings. The molecule has 2 aliphatic heterocycles. The molecule has 2 amide bonds. The molecule has 0 unspecified atom stereocenters. The lowest BCUT2D eigenvalue weighted by molar-refractivity contribution is 0.0409. The maximum absolute atomic E-state index is 12.7. The van der Waals surface area contributed by atoms with E-state index in [0.717, 1.165) is 36.6 Å². The van der Waals surface area contributed by atoms with Crippen LogP contribution in [-0.4, -0.2) is 73.3 Å². The molecular formula is C19H26N4O2S. The Morgan fingerprint density at radius 2 is 1.96 bits per heavy atom. The molecule has 26 heavy (non-hydrogen) atoms. The Kier molecular flexibility index (Phi) is 5.00. The first-order chi connectivity index (χ1) is 12.6. The van der Waals surface area contributed by atoms with E-state index >= 15 is 0 Å². The third-order valence-corrected chi connectivity index (χ3v) is 6.56. The molecule has 140 valence electrons. The zero-order valence-electron chi connectivity index (χ0n) is 15.5. The van der Waals surface area contributed by atoms with Crippen LogP contribution in [0.5, 0.6) is 0 Å². The van der Waals surface area contributed by atoms with Gasteiger partial charge in [0.15, 0.2) is 5.13 Å². The maximum Gasteiger partial charge on any atom is 0.320 e. The smallest absolute Gasteiger partial charge is 0.320 e. The van der Waals surface area contributed by atoms with Crippen molar-refractivity contribution in [3.63, 3.8) is 0 Å². The standard InChI is InChI=1S/C19H26N4O2S/c1-14-4-3-5-16-17(14)20-18(26-16)22-8-6-15(7-9-22)21(2)19(24)23-10-12-25-13-11-23/h3-5,15H,6-13H2,1-2H3. The Bertz CT molecular complexity index is 779. The molecule has 3 heterocycles. The summed E-state index contributed by atoms with van der Waals surface area (Å²) in [6.45, 7) is 6.71. The van der Waals surface area contributed by atoms with E-state index in [1.54, 1.807) is 11.3 Å². The van der Waals surface area contributed by atoms with Crippen molar-refractivity contribution < 1.29 is 9.53 Å². The number of piperidine rings is 1. The van der Waals surface area contributed by atoms with E-state index in [2.05, 4.69) is 30.0 Å². The molecule has 0 spiro atoms. The van der Waals surface area contributed by atoms with Crippen molar-refractivity contribution in [1.82, 2.24) is 14.8 Å². The van der Waals surface area contributed by atoms with Crippen molar-refractivity contribution in [2.75, 3.05) is 51.3 Å². The fraction of sp³-hybridized carbons (Fsp3) is 0.579. The first kappa shape index (κ1) is 17.5. The molecule has 0 saturated carbocycles. The van der Waals surface area contributed by atoms with Crippen LogP contribution in [0.1, 0.15) is 18.4 Å². The summed E-state index contributed by atoms with van der Waals surface area (Å²) < 4.78 is 6.60. The van der Waals surface area contributed by atoms with Gasteiger partial charge in [-0.2, -0.15) is 0 Å². The topological polar surface area (TPSA) is 48.9 Å². The van der Waals surface area contributed by atoms with Gasteiger partial charge in [0.2, 0.25) is 0 Å². The third-order valence-electron chi connectivity index (χ3n) is 5.48. The minimum Gasteiger partial charge on any atom is -0.378 e. The second-order valence-electron chi connectivity index (χ2n) is 7.13. The predicted octanol–water partition coefficient (Wildman–Crippen LogP) is 2.96. The highest BCUT2D eigenvalue weighted by molar-refractivity contribution is 7.22. The highest BCUT2D eigenvalue weighted by Crippen LogP contribution is 2.32. The Morgan fingerprint density at radius 1 is 1.23 bits per heavy atom. The van der Waals surface area contributed by atoms with Crippen LogP contribution in [0.3, 0.4) is 0 Å². The largest absolute Gasteiger partial charge is 0.378 e. The van der Waals surface area contributed by atoms with Crippen LogP contribution in [0.4, 0.5) is 9.93 Å². The number of aryl methyl sites for hydroxylation is 1. The van der Waals surface area contributed by atoms with Crippen molar-refractivity contribution in [2.24, 2.45) is 0 Å². The summed E-state index contributed by atoms with van der Waals surface area (Å²) in [5.74, 6) is 0. The lowest BCUT2D eigenvalue weighted by atomic mass is 10.0. The number of rotatable bonds is 2. The van der Waals surface area contributed by atoms with Gasteiger partial charge in [-0.15, -0.1) is 0 Å². The molecule has 0 bridgehead atoms. The fourth-order valence-electron chi connectivity index (χ4n) is 3.79. The number of ether oxygens (including phenoxy) is 1. The van der Waals surface area contributed by atoms with Gasteiger partial charge in [-0.1, -0.05) is 23.5 Å². The molecule has 4 rings (SSSR count). The summed E-state index contributed by atoms with van der Waals surface area (Å²) in [6, 6.07) is 6.80. The Balaban J connectivity index is 1.38. The summed E-state index contributed by atoms with van der Waals surface area (Å²) in [7, 11) is 1.94. The number of thiazole rings is 1. The van der Waals surface area contributed by atoms with Crippen molar-refractivity contribution >= 4 is 32.7 Å². The van der Waals surface area contributed by atoms with Gasteiger partial charge in [-0.05, 0) is 31.4 Å². The van der Waals surface area contributed by atoms with Crippen molar-refractivity contribution in [3.05, 3.63) is 23.8 Å². The second kappa shape index (κ2) is 7.40. The van der Waals surface area contributed by atoms with Gasteiger partial charge in [0.25, 0.3) is 0 Å². The number of hydrogen-bond acceptors (Lipinski definition) is 5. The first-order valence-corrected chi connectivity index (χ1v) is 10.2. The molecule has 7 heteroatoms. The molecule has 6 nitrogen and oxygen atoms in total. The van der Waals surface area contributed by atoms with Gasteiger partial charge in [0.05, 0.1) is 23.4 Å². The number of urea groups is 1. The molecule has 2 fully saturated rings. The van der Waals surface area contributed by atoms with Crippen LogP contribution in [0.2, 0.25) is 0 Å². The van der Waals surface area contributed by atoms with Crippen LogP contribution in [0, 0.1) is 6.92 Å². The third kappa shape index (κ3) is 3.38. The van der Waals surface area contributed by atoms with Crippen molar-refractivity contribution in [3.8, 4) is 0 Å². The normalized spacial score (nSPS) is 19.2. The van der Waals surface area contributed by atoms with Crippen molar-refractivity contribution in [2.45, 2.75) is 25.8 Å². The number of morpholine rings is 1. The highest BCUT2D eigenvalue weighted by atomic mass is 32.1. The summed E-state index contributed by atoms with van der Waals surface area (Å²) in [5.41, 5.74) is 2.35. The number of nitrogens with zero attached hydrogens (tertiary/aromatic N) is 4. The van der Waals surface area contributed by atoms with E-state index in [0.29, 0.717) is 32.3 Å². The fourth-order valence-corrected chi connectivity index (χ4v) is 4.88. The minimum absolute atomic E-state index is 0.141. The molecule has 0 N–H and O–H groups in total.